The van der Waals surface area contributed by atoms with Crippen molar-refractivity contribution in [2.24, 2.45) is 0 Å². The van der Waals surface area contributed by atoms with Crippen molar-refractivity contribution in [2.45, 2.75) is 60.8 Å². The predicted molar refractivity (Wildman–Crippen MR) is 151 cm³/mol. The van der Waals surface area contributed by atoms with Crippen LogP contribution in [0.3, 0.4) is 0 Å². The van der Waals surface area contributed by atoms with Crippen molar-refractivity contribution in [3.05, 3.63) is 96.1 Å². The monoisotopic (exact) mass is 434 g/mol. The average Bonchev–Trinajstić information content (AvgIpc) is 3.12. The van der Waals surface area contributed by atoms with Crippen LogP contribution in [0.15, 0.2) is 84.9 Å². The zero-order chi connectivity index (χ0) is 24.2. The molecule has 1 aliphatic rings. The van der Waals surface area contributed by atoms with E-state index in [2.05, 4.69) is 98.8 Å². The van der Waals surface area contributed by atoms with E-state index in [0.717, 1.165) is 0 Å². The highest BCUT2D eigenvalue weighted by Gasteiger charge is 2.36. The molecule has 0 fully saturated rings. The van der Waals surface area contributed by atoms with Gasteiger partial charge in [-0.3, -0.25) is 0 Å². The topological polar surface area (TPSA) is 0 Å². The lowest BCUT2D eigenvalue weighted by molar-refractivity contribution is 0.661. The van der Waals surface area contributed by atoms with Crippen LogP contribution in [-0.4, -0.2) is 0 Å². The van der Waals surface area contributed by atoms with Gasteiger partial charge in [-0.15, -0.1) is 0 Å². The van der Waals surface area contributed by atoms with Crippen LogP contribution in [0.4, 0.5) is 0 Å². The number of benzene rings is 5. The van der Waals surface area contributed by atoms with Gasteiger partial charge in [0.25, 0.3) is 0 Å². The molecule has 0 unspecified atom stereocenters. The quantitative estimate of drug-likeness (QED) is 0.213. The molecule has 0 saturated heterocycles. The van der Waals surface area contributed by atoms with Crippen LogP contribution >= 0.6 is 0 Å². The Morgan fingerprint density at radius 3 is 1.64 bits per heavy atom. The van der Waals surface area contributed by atoms with E-state index >= 15 is 0 Å². The van der Waals surface area contributed by atoms with Gasteiger partial charge in [0, 0.05) is 5.41 Å². The van der Waals surface area contributed by atoms with Gasteiger partial charge in [0.05, 0.1) is 0 Å². The van der Waals surface area contributed by atoms with Gasteiger partial charge in [0.1, 0.15) is 0 Å². The number of fused-ring (bicyclic) bond motifs is 8. The van der Waals surface area contributed by atoms with Crippen molar-refractivity contribution in [3.8, 4) is 11.1 Å². The summed E-state index contributed by atoms with van der Waals surface area (Å²) in [6, 6.07) is 31.5. The summed E-state index contributed by atoms with van der Waals surface area (Å²) in [4.78, 5) is 0. The van der Waals surface area contributed by atoms with Crippen molar-refractivity contribution >= 4 is 32.3 Å². The van der Waals surface area contributed by atoms with Gasteiger partial charge in [0.15, 0.2) is 0 Å². The zero-order valence-corrected chi connectivity index (χ0v) is 21.6. The van der Waals surface area contributed by atoms with E-state index in [0.29, 0.717) is 0 Å². The second kappa shape index (κ2) is 10.2. The molecule has 0 atom stereocenters. The maximum atomic E-state index is 2.44. The molecule has 0 radical (unpaired) electrons. The standard InChI is InChI=1S/C27H20.3C2H6/c1-27(2)24-14-13-18-8-4-6-10-21(18)26(24)23-16-22-19(15-25(23)27)12-11-17-7-3-5-9-20(17)22;3*1-2/h3-16H,1-2H3;3*1-2H3. The van der Waals surface area contributed by atoms with Gasteiger partial charge >= 0.3 is 0 Å². The molecule has 5 aromatic carbocycles. The van der Waals surface area contributed by atoms with Gasteiger partial charge in [-0.2, -0.15) is 0 Å². The minimum Gasteiger partial charge on any atom is -0.0683 e. The predicted octanol–water partition coefficient (Wildman–Crippen LogP) is 10.5. The maximum absolute atomic E-state index is 2.44. The lowest BCUT2D eigenvalue weighted by Gasteiger charge is -2.22. The summed E-state index contributed by atoms with van der Waals surface area (Å²) < 4.78 is 0. The Labute approximate surface area is 200 Å². The third-order valence-corrected chi connectivity index (χ3v) is 6.43. The van der Waals surface area contributed by atoms with E-state index in [1.807, 2.05) is 41.5 Å². The van der Waals surface area contributed by atoms with E-state index < -0.39 is 0 Å². The molecular formula is C33H38. The minimum atomic E-state index is 0.0224. The summed E-state index contributed by atoms with van der Waals surface area (Å²) in [7, 11) is 0. The first-order valence-electron chi connectivity index (χ1n) is 12.6. The van der Waals surface area contributed by atoms with Gasteiger partial charge in [-0.25, -0.2) is 0 Å². The number of hydrogen-bond acceptors (Lipinski definition) is 0. The van der Waals surface area contributed by atoms with Crippen LogP contribution in [0.2, 0.25) is 0 Å². The first kappa shape index (κ1) is 24.5. The van der Waals surface area contributed by atoms with Crippen LogP contribution in [0.5, 0.6) is 0 Å². The molecule has 0 N–H and O–H groups in total. The molecule has 0 aromatic heterocycles. The SMILES string of the molecule is CC.CC.CC.CC1(C)c2cc3ccc4ccccc4c3cc2-c2c1ccc1ccccc21. The van der Waals surface area contributed by atoms with Crippen molar-refractivity contribution in [1.82, 2.24) is 0 Å². The smallest absolute Gasteiger partial charge is 0.0159 e. The molecule has 5 aromatic rings. The molecule has 0 aliphatic heterocycles. The summed E-state index contributed by atoms with van der Waals surface area (Å²) in [6.07, 6.45) is 0. The molecule has 6 rings (SSSR count). The number of hydrogen-bond donors (Lipinski definition) is 0. The Kier molecular flexibility index (Phi) is 7.59. The fourth-order valence-corrected chi connectivity index (χ4v) is 5.01. The summed E-state index contributed by atoms with van der Waals surface area (Å²) in [6.45, 7) is 16.7. The van der Waals surface area contributed by atoms with Crippen molar-refractivity contribution < 1.29 is 0 Å². The van der Waals surface area contributed by atoms with Gasteiger partial charge in [-0.1, -0.05) is 128 Å². The normalized spacial score (nSPS) is 12.5. The second-order valence-corrected chi connectivity index (χ2v) is 8.24. The fraction of sp³-hybridized carbons (Fsp3) is 0.273. The molecule has 0 heterocycles. The summed E-state index contributed by atoms with van der Waals surface area (Å²) in [5.74, 6) is 0. The van der Waals surface area contributed by atoms with E-state index in [4.69, 9.17) is 0 Å². The Morgan fingerprint density at radius 2 is 0.970 bits per heavy atom. The lowest BCUT2D eigenvalue weighted by Crippen LogP contribution is -2.14. The van der Waals surface area contributed by atoms with Crippen LogP contribution < -0.4 is 0 Å². The Hall–Kier alpha value is -3.12. The highest BCUT2D eigenvalue weighted by molar-refractivity contribution is 6.12. The third-order valence-electron chi connectivity index (χ3n) is 6.43. The van der Waals surface area contributed by atoms with Crippen molar-refractivity contribution in [2.75, 3.05) is 0 Å². The van der Waals surface area contributed by atoms with Gasteiger partial charge in [0.2, 0.25) is 0 Å². The number of rotatable bonds is 0. The molecule has 0 saturated carbocycles. The lowest BCUT2D eigenvalue weighted by atomic mass is 9.81. The second-order valence-electron chi connectivity index (χ2n) is 8.24. The fourth-order valence-electron chi connectivity index (χ4n) is 5.01. The summed E-state index contributed by atoms with van der Waals surface area (Å²) in [5, 5.41) is 8.00. The van der Waals surface area contributed by atoms with Gasteiger partial charge < -0.3 is 0 Å². The highest BCUT2D eigenvalue weighted by Crippen LogP contribution is 2.52. The first-order valence-corrected chi connectivity index (χ1v) is 12.6. The highest BCUT2D eigenvalue weighted by atomic mass is 14.4. The summed E-state index contributed by atoms with van der Waals surface area (Å²) >= 11 is 0. The van der Waals surface area contributed by atoms with Crippen molar-refractivity contribution in [1.29, 1.82) is 0 Å². The minimum absolute atomic E-state index is 0.0224. The largest absolute Gasteiger partial charge is 0.0683 e. The molecule has 0 amide bonds. The van der Waals surface area contributed by atoms with Crippen LogP contribution in [0.1, 0.15) is 66.5 Å². The van der Waals surface area contributed by atoms with E-state index in [1.165, 1.54) is 54.6 Å². The Morgan fingerprint density at radius 1 is 0.455 bits per heavy atom. The molecule has 0 nitrogen and oxygen atoms in total. The van der Waals surface area contributed by atoms with Crippen LogP contribution in [0.25, 0.3) is 43.4 Å². The molecule has 1 aliphatic carbocycles. The van der Waals surface area contributed by atoms with E-state index in [9.17, 15) is 0 Å². The molecule has 0 heteroatoms. The summed E-state index contributed by atoms with van der Waals surface area (Å²) in [5.41, 5.74) is 5.72. The molecular weight excluding hydrogens is 396 g/mol. The Balaban J connectivity index is 0.000000475. The average molecular weight is 435 g/mol. The zero-order valence-electron chi connectivity index (χ0n) is 21.6. The van der Waals surface area contributed by atoms with Crippen LogP contribution in [-0.2, 0) is 5.41 Å². The van der Waals surface area contributed by atoms with Crippen LogP contribution in [0, 0.1) is 0 Å². The van der Waals surface area contributed by atoms with Gasteiger partial charge in [-0.05, 0) is 66.7 Å². The van der Waals surface area contributed by atoms with Crippen molar-refractivity contribution in [3.63, 3.8) is 0 Å². The van der Waals surface area contributed by atoms with E-state index in [-0.39, 0.29) is 5.41 Å². The third kappa shape index (κ3) is 3.93. The molecule has 33 heavy (non-hydrogen) atoms. The maximum Gasteiger partial charge on any atom is 0.0159 e. The first-order chi connectivity index (χ1) is 16.1. The van der Waals surface area contributed by atoms with E-state index in [1.54, 1.807) is 0 Å². The Bertz CT molecular complexity index is 1390. The molecule has 0 bridgehead atoms. The molecule has 0 spiro atoms. The molecule has 170 valence electrons.